The van der Waals surface area contributed by atoms with Gasteiger partial charge in [0.15, 0.2) is 11.0 Å². The third kappa shape index (κ3) is 4.19. The molecule has 2 heterocycles. The zero-order chi connectivity index (χ0) is 16.1. The Labute approximate surface area is 137 Å². The summed E-state index contributed by atoms with van der Waals surface area (Å²) in [6, 6.07) is 6.29. The molecule has 0 aliphatic rings. The molecule has 3 rings (SSSR count). The number of hydrogen-bond acceptors (Lipinski definition) is 5. The van der Waals surface area contributed by atoms with Gasteiger partial charge in [-0.2, -0.15) is 4.98 Å². The highest BCUT2D eigenvalue weighted by molar-refractivity contribution is 7.98. The lowest BCUT2D eigenvalue weighted by Gasteiger charge is -1.96. The van der Waals surface area contributed by atoms with Gasteiger partial charge < -0.3 is 9.51 Å². The number of nitrogens with zero attached hydrogens (tertiary/aromatic N) is 3. The molecule has 23 heavy (non-hydrogen) atoms. The molecule has 0 atom stereocenters. The van der Waals surface area contributed by atoms with Crippen LogP contribution in [0, 0.1) is 5.82 Å². The van der Waals surface area contributed by atoms with Gasteiger partial charge in [0.2, 0.25) is 5.89 Å². The van der Waals surface area contributed by atoms with Gasteiger partial charge in [0.1, 0.15) is 5.82 Å². The number of H-pyrrole nitrogens is 1. The molecule has 120 valence electrons. The lowest BCUT2D eigenvalue weighted by molar-refractivity contribution is 0.384. The number of unbranched alkanes of at least 4 members (excludes halogenated alkanes) is 1. The molecule has 3 aromatic rings. The minimum Gasteiger partial charge on any atom is -0.338 e. The summed E-state index contributed by atoms with van der Waals surface area (Å²) in [5.41, 5.74) is 1.74. The van der Waals surface area contributed by atoms with Gasteiger partial charge in [0, 0.05) is 6.42 Å². The van der Waals surface area contributed by atoms with Crippen LogP contribution in [0.5, 0.6) is 0 Å². The first kappa shape index (κ1) is 15.7. The van der Waals surface area contributed by atoms with Gasteiger partial charge in [-0.15, -0.1) is 0 Å². The molecule has 7 heteroatoms. The fourth-order valence-electron chi connectivity index (χ4n) is 2.07. The summed E-state index contributed by atoms with van der Waals surface area (Å²) < 4.78 is 18.2. The number of thioether (sulfide) groups is 1. The molecule has 0 spiro atoms. The molecule has 2 aromatic heterocycles. The molecule has 0 aliphatic carbocycles. The molecule has 0 saturated heterocycles. The maximum absolute atomic E-state index is 12.9. The van der Waals surface area contributed by atoms with Gasteiger partial charge in [-0.05, 0) is 36.2 Å². The molecule has 0 fully saturated rings. The largest absolute Gasteiger partial charge is 0.338 e. The van der Waals surface area contributed by atoms with E-state index in [0.29, 0.717) is 11.6 Å². The number of benzene rings is 1. The van der Waals surface area contributed by atoms with E-state index in [2.05, 4.69) is 27.0 Å². The number of nitrogens with one attached hydrogen (secondary N) is 1. The van der Waals surface area contributed by atoms with E-state index in [1.54, 1.807) is 18.3 Å². The standard InChI is InChI=1S/C16H17FN4OS/c1-2-3-4-14-20-15(22-21-14)10-23-16-18-9-13(19-16)11-5-7-12(17)8-6-11/h5-9H,2-4,10H2,1H3,(H,18,19). The van der Waals surface area contributed by atoms with Crippen molar-refractivity contribution in [1.82, 2.24) is 20.1 Å². The summed E-state index contributed by atoms with van der Waals surface area (Å²) in [7, 11) is 0. The van der Waals surface area contributed by atoms with E-state index in [-0.39, 0.29) is 5.82 Å². The maximum Gasteiger partial charge on any atom is 0.237 e. The third-order valence-corrected chi connectivity index (χ3v) is 4.18. The first-order valence-corrected chi connectivity index (χ1v) is 8.48. The van der Waals surface area contributed by atoms with E-state index >= 15 is 0 Å². The zero-order valence-electron chi connectivity index (χ0n) is 12.8. The summed E-state index contributed by atoms with van der Waals surface area (Å²) in [6.07, 6.45) is 4.75. The van der Waals surface area contributed by atoms with Crippen LogP contribution in [-0.4, -0.2) is 20.1 Å². The second-order valence-corrected chi connectivity index (χ2v) is 6.07. The second-order valence-electron chi connectivity index (χ2n) is 5.11. The Morgan fingerprint density at radius 3 is 2.87 bits per heavy atom. The molecule has 0 saturated carbocycles. The number of aromatic amines is 1. The van der Waals surface area contributed by atoms with Crippen LogP contribution in [0.1, 0.15) is 31.5 Å². The Kier molecular flexibility index (Phi) is 5.07. The van der Waals surface area contributed by atoms with Crippen molar-refractivity contribution in [3.63, 3.8) is 0 Å². The third-order valence-electron chi connectivity index (χ3n) is 3.30. The fourth-order valence-corrected chi connectivity index (χ4v) is 2.75. The molecule has 0 amide bonds. The maximum atomic E-state index is 12.9. The highest BCUT2D eigenvalue weighted by Gasteiger charge is 2.09. The van der Waals surface area contributed by atoms with Crippen molar-refractivity contribution >= 4 is 11.8 Å². The van der Waals surface area contributed by atoms with Crippen LogP contribution >= 0.6 is 11.8 Å². The molecule has 0 aliphatic heterocycles. The van der Waals surface area contributed by atoms with Gasteiger partial charge in [-0.1, -0.05) is 30.3 Å². The molecule has 5 nitrogen and oxygen atoms in total. The zero-order valence-corrected chi connectivity index (χ0v) is 13.6. The average Bonchev–Trinajstić information content (AvgIpc) is 3.21. The number of rotatable bonds is 7. The van der Waals surface area contributed by atoms with Gasteiger partial charge in [-0.25, -0.2) is 9.37 Å². The second kappa shape index (κ2) is 7.41. The van der Waals surface area contributed by atoms with Crippen molar-refractivity contribution in [2.75, 3.05) is 0 Å². The molecule has 0 radical (unpaired) electrons. The van der Waals surface area contributed by atoms with Crippen LogP contribution in [-0.2, 0) is 12.2 Å². The predicted octanol–water partition coefficient (Wildman–Crippen LogP) is 4.23. The van der Waals surface area contributed by atoms with Gasteiger partial charge in [-0.3, -0.25) is 0 Å². The molecule has 0 bridgehead atoms. The summed E-state index contributed by atoms with van der Waals surface area (Å²) in [5.74, 6) is 1.67. The number of hydrogen-bond donors (Lipinski definition) is 1. The van der Waals surface area contributed by atoms with E-state index in [9.17, 15) is 4.39 Å². The Morgan fingerprint density at radius 2 is 2.09 bits per heavy atom. The topological polar surface area (TPSA) is 67.6 Å². The Hall–Kier alpha value is -2.15. The number of aryl methyl sites for hydroxylation is 1. The highest BCUT2D eigenvalue weighted by Crippen LogP contribution is 2.23. The van der Waals surface area contributed by atoms with E-state index in [1.807, 2.05) is 0 Å². The van der Waals surface area contributed by atoms with Crippen molar-refractivity contribution < 1.29 is 8.91 Å². The normalized spacial score (nSPS) is 11.0. The van der Waals surface area contributed by atoms with Gasteiger partial charge in [0.05, 0.1) is 17.6 Å². The lowest BCUT2D eigenvalue weighted by atomic mass is 10.2. The quantitative estimate of drug-likeness (QED) is 0.656. The minimum absolute atomic E-state index is 0.252. The Morgan fingerprint density at radius 1 is 1.26 bits per heavy atom. The summed E-state index contributed by atoms with van der Waals surface area (Å²) >= 11 is 1.49. The van der Waals surface area contributed by atoms with Crippen LogP contribution in [0.4, 0.5) is 4.39 Å². The number of halogens is 1. The van der Waals surface area contributed by atoms with Crippen LogP contribution in [0.3, 0.4) is 0 Å². The number of aromatic nitrogens is 4. The molecular weight excluding hydrogens is 315 g/mol. The van der Waals surface area contributed by atoms with E-state index < -0.39 is 0 Å². The van der Waals surface area contributed by atoms with Crippen LogP contribution < -0.4 is 0 Å². The number of imidazole rings is 1. The molecule has 1 N–H and O–H groups in total. The minimum atomic E-state index is -0.252. The first-order valence-electron chi connectivity index (χ1n) is 7.50. The van der Waals surface area contributed by atoms with E-state index in [4.69, 9.17) is 4.52 Å². The van der Waals surface area contributed by atoms with Crippen molar-refractivity contribution in [3.8, 4) is 11.3 Å². The monoisotopic (exact) mass is 332 g/mol. The van der Waals surface area contributed by atoms with Crippen LogP contribution in [0.2, 0.25) is 0 Å². The fraction of sp³-hybridized carbons (Fsp3) is 0.312. The van der Waals surface area contributed by atoms with E-state index in [1.165, 1.54) is 23.9 Å². The van der Waals surface area contributed by atoms with E-state index in [0.717, 1.165) is 41.5 Å². The molecule has 1 aromatic carbocycles. The van der Waals surface area contributed by atoms with Crippen molar-refractivity contribution in [2.45, 2.75) is 37.1 Å². The Balaban J connectivity index is 1.58. The van der Waals surface area contributed by atoms with Crippen molar-refractivity contribution in [1.29, 1.82) is 0 Å². The summed E-state index contributed by atoms with van der Waals surface area (Å²) in [4.78, 5) is 11.9. The van der Waals surface area contributed by atoms with Gasteiger partial charge >= 0.3 is 0 Å². The highest BCUT2D eigenvalue weighted by atomic mass is 32.2. The first-order chi connectivity index (χ1) is 11.2. The molecular formula is C16H17FN4OS. The van der Waals surface area contributed by atoms with Crippen LogP contribution in [0.25, 0.3) is 11.3 Å². The lowest BCUT2D eigenvalue weighted by Crippen LogP contribution is -1.88. The van der Waals surface area contributed by atoms with Crippen LogP contribution in [0.15, 0.2) is 40.1 Å². The van der Waals surface area contributed by atoms with Gasteiger partial charge in [0.25, 0.3) is 0 Å². The Bertz CT molecular complexity index is 754. The SMILES string of the molecule is CCCCc1noc(CSc2ncc(-c3ccc(F)cc3)[nH]2)n1. The van der Waals surface area contributed by atoms with Crippen molar-refractivity contribution in [2.24, 2.45) is 0 Å². The predicted molar refractivity (Wildman–Crippen MR) is 86.5 cm³/mol. The smallest absolute Gasteiger partial charge is 0.237 e. The molecule has 0 unspecified atom stereocenters. The average molecular weight is 332 g/mol. The summed E-state index contributed by atoms with van der Waals surface area (Å²) in [5, 5.41) is 4.72. The summed E-state index contributed by atoms with van der Waals surface area (Å²) in [6.45, 7) is 2.13. The van der Waals surface area contributed by atoms with Crippen molar-refractivity contribution in [3.05, 3.63) is 48.0 Å².